The van der Waals surface area contributed by atoms with Gasteiger partial charge in [-0.2, -0.15) is 0 Å². The van der Waals surface area contributed by atoms with Gasteiger partial charge >= 0.3 is 0 Å². The summed E-state index contributed by atoms with van der Waals surface area (Å²) in [5.74, 6) is -0.386. The van der Waals surface area contributed by atoms with E-state index >= 15 is 0 Å². The topological polar surface area (TPSA) is 53.4 Å². The number of hydrogen-bond donors (Lipinski definition) is 1. The van der Waals surface area contributed by atoms with E-state index in [1.54, 1.807) is 18.2 Å². The number of ketones is 1. The maximum absolute atomic E-state index is 13.3. The highest BCUT2D eigenvalue weighted by atomic mass is 19.1. The van der Waals surface area contributed by atoms with Crippen LogP contribution < -0.4 is 0 Å². The Balaban J connectivity index is 1.73. The van der Waals surface area contributed by atoms with Crippen molar-refractivity contribution in [1.29, 1.82) is 0 Å². The molecule has 3 aromatic rings. The van der Waals surface area contributed by atoms with Crippen molar-refractivity contribution in [3.63, 3.8) is 0 Å². The number of benzene rings is 2. The number of aliphatic hydroxyl groups is 1. The van der Waals surface area contributed by atoms with Crippen LogP contribution in [0.15, 0.2) is 48.5 Å². The molecule has 0 aliphatic carbocycles. The molecule has 0 unspecified atom stereocenters. The van der Waals surface area contributed by atoms with Gasteiger partial charge in [-0.05, 0) is 53.8 Å². The SMILES string of the molecule is CC(=O)c1cc(-c2ccc(F)cc2)c2ccc(CN3CCC(O)CC3)cc2n1. The van der Waals surface area contributed by atoms with E-state index in [4.69, 9.17) is 0 Å². The number of fused-ring (bicyclic) bond motifs is 1. The minimum absolute atomic E-state index is 0.0966. The van der Waals surface area contributed by atoms with Crippen LogP contribution in [0.3, 0.4) is 0 Å². The summed E-state index contributed by atoms with van der Waals surface area (Å²) >= 11 is 0. The largest absolute Gasteiger partial charge is 0.393 e. The molecule has 4 rings (SSSR count). The zero-order valence-electron chi connectivity index (χ0n) is 15.9. The molecular weight excluding hydrogens is 355 g/mol. The molecule has 1 aliphatic rings. The smallest absolute Gasteiger partial charge is 0.178 e. The number of aromatic nitrogens is 1. The molecule has 0 bridgehead atoms. The highest BCUT2D eigenvalue weighted by molar-refractivity contribution is 6.01. The van der Waals surface area contributed by atoms with Crippen molar-refractivity contribution in [3.8, 4) is 11.1 Å². The maximum Gasteiger partial charge on any atom is 0.178 e. The first-order chi connectivity index (χ1) is 13.5. The molecule has 4 nitrogen and oxygen atoms in total. The summed E-state index contributed by atoms with van der Waals surface area (Å²) in [6.45, 7) is 4.05. The average molecular weight is 378 g/mol. The van der Waals surface area contributed by atoms with Crippen LogP contribution in [0.5, 0.6) is 0 Å². The number of rotatable bonds is 4. The zero-order chi connectivity index (χ0) is 19.7. The minimum Gasteiger partial charge on any atom is -0.393 e. The number of carbonyl (C=O) groups excluding carboxylic acids is 1. The molecule has 1 saturated heterocycles. The molecule has 0 amide bonds. The predicted molar refractivity (Wildman–Crippen MR) is 108 cm³/mol. The molecule has 0 spiro atoms. The summed E-state index contributed by atoms with van der Waals surface area (Å²) in [6.07, 6.45) is 1.41. The molecule has 1 aromatic heterocycles. The van der Waals surface area contributed by atoms with Gasteiger partial charge in [-0.25, -0.2) is 9.37 Å². The van der Waals surface area contributed by atoms with E-state index in [0.717, 1.165) is 60.1 Å². The maximum atomic E-state index is 13.3. The molecule has 0 saturated carbocycles. The molecule has 144 valence electrons. The van der Waals surface area contributed by atoms with Gasteiger partial charge in [0.05, 0.1) is 11.6 Å². The van der Waals surface area contributed by atoms with Crippen LogP contribution in [0.2, 0.25) is 0 Å². The van der Waals surface area contributed by atoms with Crippen molar-refractivity contribution in [3.05, 3.63) is 65.6 Å². The van der Waals surface area contributed by atoms with E-state index in [-0.39, 0.29) is 17.7 Å². The van der Waals surface area contributed by atoms with Crippen molar-refractivity contribution in [2.24, 2.45) is 0 Å². The van der Waals surface area contributed by atoms with E-state index < -0.39 is 0 Å². The summed E-state index contributed by atoms with van der Waals surface area (Å²) in [4.78, 5) is 18.9. The summed E-state index contributed by atoms with van der Waals surface area (Å²) in [5, 5.41) is 10.6. The van der Waals surface area contributed by atoms with Crippen molar-refractivity contribution in [2.75, 3.05) is 13.1 Å². The highest BCUT2D eigenvalue weighted by Crippen LogP contribution is 2.30. The van der Waals surface area contributed by atoms with Gasteiger partial charge in [-0.3, -0.25) is 9.69 Å². The Morgan fingerprint density at radius 2 is 1.86 bits per heavy atom. The predicted octanol–water partition coefficient (Wildman–Crippen LogP) is 4.20. The van der Waals surface area contributed by atoms with Crippen LogP contribution in [0.1, 0.15) is 35.8 Å². The molecule has 1 aliphatic heterocycles. The monoisotopic (exact) mass is 378 g/mol. The highest BCUT2D eigenvalue weighted by Gasteiger charge is 2.17. The van der Waals surface area contributed by atoms with Crippen molar-refractivity contribution >= 4 is 16.7 Å². The second-order valence-corrected chi connectivity index (χ2v) is 7.48. The Kier molecular flexibility index (Phi) is 5.20. The van der Waals surface area contributed by atoms with Crippen LogP contribution in [0.4, 0.5) is 4.39 Å². The minimum atomic E-state index is -0.289. The first-order valence-corrected chi connectivity index (χ1v) is 9.60. The fourth-order valence-electron chi connectivity index (χ4n) is 3.76. The van der Waals surface area contributed by atoms with Crippen LogP contribution in [-0.4, -0.2) is 40.0 Å². The van der Waals surface area contributed by atoms with Crippen LogP contribution in [-0.2, 0) is 6.54 Å². The van der Waals surface area contributed by atoms with E-state index in [2.05, 4.69) is 16.0 Å². The number of halogens is 1. The number of pyridine rings is 1. The lowest BCUT2D eigenvalue weighted by molar-refractivity contribution is 0.0792. The molecule has 5 heteroatoms. The fraction of sp³-hybridized carbons (Fsp3) is 0.304. The summed E-state index contributed by atoms with van der Waals surface area (Å²) in [7, 11) is 0. The summed E-state index contributed by atoms with van der Waals surface area (Å²) in [6, 6.07) is 14.2. The van der Waals surface area contributed by atoms with Crippen molar-refractivity contribution < 1.29 is 14.3 Å². The molecule has 28 heavy (non-hydrogen) atoms. The molecule has 0 radical (unpaired) electrons. The molecule has 1 N–H and O–H groups in total. The van der Waals surface area contributed by atoms with Crippen LogP contribution in [0.25, 0.3) is 22.0 Å². The number of nitrogens with zero attached hydrogens (tertiary/aromatic N) is 2. The number of Topliss-reactive ketones (excluding diaryl/α,β-unsaturated/α-hetero) is 1. The van der Waals surface area contributed by atoms with E-state index in [1.165, 1.54) is 19.1 Å². The Morgan fingerprint density at radius 1 is 1.14 bits per heavy atom. The molecule has 1 fully saturated rings. The summed E-state index contributed by atoms with van der Waals surface area (Å²) in [5.41, 5.74) is 4.03. The number of piperidine rings is 1. The normalized spacial score (nSPS) is 15.8. The Bertz CT molecular complexity index is 1010. The Hall–Kier alpha value is -2.63. The number of carbonyl (C=O) groups is 1. The second kappa shape index (κ2) is 7.78. The molecule has 2 aromatic carbocycles. The van der Waals surface area contributed by atoms with Crippen LogP contribution in [0, 0.1) is 5.82 Å². The number of hydrogen-bond acceptors (Lipinski definition) is 4. The van der Waals surface area contributed by atoms with E-state index in [9.17, 15) is 14.3 Å². The van der Waals surface area contributed by atoms with Gasteiger partial charge in [0.1, 0.15) is 11.5 Å². The van der Waals surface area contributed by atoms with Crippen LogP contribution >= 0.6 is 0 Å². The molecule has 0 atom stereocenters. The molecular formula is C23H23FN2O2. The van der Waals surface area contributed by atoms with Crippen molar-refractivity contribution in [2.45, 2.75) is 32.4 Å². The third kappa shape index (κ3) is 3.96. The quantitative estimate of drug-likeness (QED) is 0.692. The zero-order valence-corrected chi connectivity index (χ0v) is 15.9. The first kappa shape index (κ1) is 18.7. The number of likely N-dealkylation sites (tertiary alicyclic amines) is 1. The van der Waals surface area contributed by atoms with Gasteiger partial charge in [0.2, 0.25) is 0 Å². The third-order valence-corrected chi connectivity index (χ3v) is 5.35. The second-order valence-electron chi connectivity index (χ2n) is 7.48. The number of aliphatic hydroxyl groups excluding tert-OH is 1. The van der Waals surface area contributed by atoms with Gasteiger partial charge in [-0.1, -0.05) is 24.3 Å². The molecule has 2 heterocycles. The fourth-order valence-corrected chi connectivity index (χ4v) is 3.76. The van der Waals surface area contributed by atoms with Gasteiger partial charge in [0, 0.05) is 31.9 Å². The van der Waals surface area contributed by atoms with E-state index in [0.29, 0.717) is 5.69 Å². The lowest BCUT2D eigenvalue weighted by atomic mass is 9.98. The lowest BCUT2D eigenvalue weighted by Crippen LogP contribution is -2.35. The van der Waals surface area contributed by atoms with Gasteiger partial charge in [-0.15, -0.1) is 0 Å². The van der Waals surface area contributed by atoms with E-state index in [1.807, 2.05) is 12.1 Å². The first-order valence-electron chi connectivity index (χ1n) is 9.60. The van der Waals surface area contributed by atoms with Gasteiger partial charge < -0.3 is 5.11 Å². The van der Waals surface area contributed by atoms with Crippen molar-refractivity contribution in [1.82, 2.24) is 9.88 Å². The van der Waals surface area contributed by atoms with Gasteiger partial charge in [0.25, 0.3) is 0 Å². The Morgan fingerprint density at radius 3 is 2.54 bits per heavy atom. The lowest BCUT2D eigenvalue weighted by Gasteiger charge is -2.29. The van der Waals surface area contributed by atoms with Gasteiger partial charge in [0.15, 0.2) is 5.78 Å². The summed E-state index contributed by atoms with van der Waals surface area (Å²) < 4.78 is 13.3. The third-order valence-electron chi connectivity index (χ3n) is 5.35. The standard InChI is InChI=1S/C23H23FN2O2/c1-15(27)22-13-21(17-3-5-18(24)6-4-17)20-7-2-16(12-23(20)25-22)14-26-10-8-19(28)9-11-26/h2-7,12-13,19,28H,8-11,14H2,1H3. The average Bonchev–Trinajstić information content (AvgIpc) is 2.69. The Labute approximate surface area is 163 Å².